The van der Waals surface area contributed by atoms with Gasteiger partial charge in [0.15, 0.2) is 0 Å². The van der Waals surface area contributed by atoms with Crippen molar-refractivity contribution in [1.29, 1.82) is 0 Å². The summed E-state index contributed by atoms with van der Waals surface area (Å²) >= 11 is 1.20. The molecule has 112 valence electrons. The standard InChI is InChI=1S/C14H11F3O3S/c1-8-4-3-5-9(12(8)20-14(15,16)17)10-6-21-7-11(10)13(18)19-2/h3-7H,1-2H3. The third-order valence-electron chi connectivity index (χ3n) is 2.79. The maximum Gasteiger partial charge on any atom is 0.573 e. The minimum absolute atomic E-state index is 0.203. The number of thiophene rings is 1. The van der Waals surface area contributed by atoms with Gasteiger partial charge in [0, 0.05) is 16.5 Å². The van der Waals surface area contributed by atoms with Gasteiger partial charge in [0.25, 0.3) is 0 Å². The molecule has 0 atom stereocenters. The molecule has 0 saturated heterocycles. The maximum absolute atomic E-state index is 12.6. The summed E-state index contributed by atoms with van der Waals surface area (Å²) in [6, 6.07) is 4.59. The molecule has 1 aromatic carbocycles. The molecular formula is C14H11F3O3S. The van der Waals surface area contributed by atoms with Crippen molar-refractivity contribution in [3.8, 4) is 16.9 Å². The monoisotopic (exact) mass is 316 g/mol. The van der Waals surface area contributed by atoms with Gasteiger partial charge < -0.3 is 9.47 Å². The Hall–Kier alpha value is -2.02. The summed E-state index contributed by atoms with van der Waals surface area (Å²) in [6.45, 7) is 1.51. The lowest BCUT2D eigenvalue weighted by atomic mass is 10.0. The van der Waals surface area contributed by atoms with Crippen molar-refractivity contribution in [2.45, 2.75) is 13.3 Å². The maximum atomic E-state index is 12.6. The molecule has 2 aromatic rings. The SMILES string of the molecule is COC(=O)c1cscc1-c1cccc(C)c1OC(F)(F)F. The molecule has 0 amide bonds. The fourth-order valence-corrected chi connectivity index (χ4v) is 2.71. The molecule has 0 N–H and O–H groups in total. The van der Waals surface area contributed by atoms with Gasteiger partial charge in [-0.25, -0.2) is 4.79 Å². The molecule has 3 nitrogen and oxygen atoms in total. The summed E-state index contributed by atoms with van der Waals surface area (Å²) in [5.41, 5.74) is 1.09. The van der Waals surface area contributed by atoms with Gasteiger partial charge in [-0.05, 0) is 17.9 Å². The highest BCUT2D eigenvalue weighted by Gasteiger charge is 2.33. The van der Waals surface area contributed by atoms with E-state index in [-0.39, 0.29) is 16.9 Å². The molecule has 0 aliphatic heterocycles. The Morgan fingerprint density at radius 3 is 2.52 bits per heavy atom. The van der Waals surface area contributed by atoms with Crippen molar-refractivity contribution >= 4 is 17.3 Å². The predicted octanol–water partition coefficient (Wildman–Crippen LogP) is 4.41. The molecule has 0 aliphatic carbocycles. The second-order valence-electron chi connectivity index (χ2n) is 4.19. The van der Waals surface area contributed by atoms with Crippen LogP contribution in [0, 0.1) is 6.92 Å². The Kier molecular flexibility index (Phi) is 4.22. The van der Waals surface area contributed by atoms with Crippen LogP contribution in [-0.2, 0) is 4.74 Å². The van der Waals surface area contributed by atoms with Crippen LogP contribution in [0.4, 0.5) is 13.2 Å². The van der Waals surface area contributed by atoms with Gasteiger partial charge in [0.2, 0.25) is 0 Å². The lowest BCUT2D eigenvalue weighted by Gasteiger charge is -2.15. The Bertz CT molecular complexity index is 662. The number of rotatable bonds is 3. The van der Waals surface area contributed by atoms with Gasteiger partial charge in [-0.2, -0.15) is 11.3 Å². The zero-order valence-electron chi connectivity index (χ0n) is 11.2. The molecule has 0 saturated carbocycles. The van der Waals surface area contributed by atoms with E-state index in [2.05, 4.69) is 9.47 Å². The Labute approximate surface area is 122 Å². The Morgan fingerprint density at radius 2 is 1.90 bits per heavy atom. The highest BCUT2D eigenvalue weighted by molar-refractivity contribution is 7.08. The van der Waals surface area contributed by atoms with Crippen LogP contribution in [0.3, 0.4) is 0 Å². The molecule has 1 aromatic heterocycles. The normalized spacial score (nSPS) is 11.3. The van der Waals surface area contributed by atoms with Crippen molar-refractivity contribution in [1.82, 2.24) is 0 Å². The zero-order chi connectivity index (χ0) is 15.6. The van der Waals surface area contributed by atoms with E-state index in [1.807, 2.05) is 0 Å². The summed E-state index contributed by atoms with van der Waals surface area (Å²) in [5, 5.41) is 3.12. The van der Waals surface area contributed by atoms with Crippen LogP contribution in [0.25, 0.3) is 11.1 Å². The molecule has 0 spiro atoms. The van der Waals surface area contributed by atoms with E-state index >= 15 is 0 Å². The lowest BCUT2D eigenvalue weighted by molar-refractivity contribution is -0.274. The average Bonchev–Trinajstić information content (AvgIpc) is 2.88. The van der Waals surface area contributed by atoms with Crippen LogP contribution in [0.2, 0.25) is 0 Å². The van der Waals surface area contributed by atoms with Gasteiger partial charge in [0.05, 0.1) is 12.7 Å². The van der Waals surface area contributed by atoms with E-state index in [0.29, 0.717) is 11.1 Å². The third-order valence-corrected chi connectivity index (χ3v) is 3.53. The number of ether oxygens (including phenoxy) is 2. The van der Waals surface area contributed by atoms with Gasteiger partial charge in [-0.1, -0.05) is 18.2 Å². The van der Waals surface area contributed by atoms with E-state index < -0.39 is 12.3 Å². The first-order valence-electron chi connectivity index (χ1n) is 5.83. The van der Waals surface area contributed by atoms with Crippen molar-refractivity contribution in [3.63, 3.8) is 0 Å². The number of benzene rings is 1. The average molecular weight is 316 g/mol. The molecule has 0 fully saturated rings. The van der Waals surface area contributed by atoms with Gasteiger partial charge in [-0.3, -0.25) is 0 Å². The molecule has 7 heteroatoms. The zero-order valence-corrected chi connectivity index (χ0v) is 12.0. The number of alkyl halides is 3. The number of methoxy groups -OCH3 is 1. The van der Waals surface area contributed by atoms with Crippen LogP contribution in [-0.4, -0.2) is 19.4 Å². The minimum atomic E-state index is -4.80. The number of esters is 1. The fraction of sp³-hybridized carbons (Fsp3) is 0.214. The molecule has 1 heterocycles. The lowest BCUT2D eigenvalue weighted by Crippen LogP contribution is -2.18. The highest BCUT2D eigenvalue weighted by atomic mass is 32.1. The first kappa shape index (κ1) is 15.4. The van der Waals surface area contributed by atoms with Gasteiger partial charge >= 0.3 is 12.3 Å². The smallest absolute Gasteiger partial charge is 0.465 e. The van der Waals surface area contributed by atoms with Crippen molar-refractivity contribution < 1.29 is 27.4 Å². The number of para-hydroxylation sites is 1. The minimum Gasteiger partial charge on any atom is -0.465 e. The first-order chi connectivity index (χ1) is 9.83. The topological polar surface area (TPSA) is 35.5 Å². The van der Waals surface area contributed by atoms with Crippen molar-refractivity contribution in [2.24, 2.45) is 0 Å². The molecule has 0 radical (unpaired) electrons. The number of hydrogen-bond donors (Lipinski definition) is 0. The number of carbonyl (C=O) groups is 1. The van der Waals surface area contributed by atoms with E-state index in [9.17, 15) is 18.0 Å². The molecular weight excluding hydrogens is 305 g/mol. The first-order valence-corrected chi connectivity index (χ1v) is 6.78. The van der Waals surface area contributed by atoms with Gasteiger partial charge in [-0.15, -0.1) is 13.2 Å². The molecule has 0 unspecified atom stereocenters. The van der Waals surface area contributed by atoms with Crippen LogP contribution >= 0.6 is 11.3 Å². The number of halogens is 3. The van der Waals surface area contributed by atoms with Crippen molar-refractivity contribution in [2.75, 3.05) is 7.11 Å². The third kappa shape index (κ3) is 3.36. The van der Waals surface area contributed by atoms with Crippen molar-refractivity contribution in [3.05, 3.63) is 40.1 Å². The Balaban J connectivity index is 2.57. The molecule has 2 rings (SSSR count). The summed E-state index contributed by atoms with van der Waals surface area (Å²) in [6.07, 6.45) is -4.80. The van der Waals surface area contributed by atoms with E-state index in [0.717, 1.165) is 0 Å². The van der Waals surface area contributed by atoms with Crippen LogP contribution in [0.5, 0.6) is 5.75 Å². The molecule has 0 bridgehead atoms. The Morgan fingerprint density at radius 1 is 1.19 bits per heavy atom. The van der Waals surface area contributed by atoms with E-state index in [4.69, 9.17) is 0 Å². The second kappa shape index (κ2) is 5.77. The predicted molar refractivity (Wildman–Crippen MR) is 72.5 cm³/mol. The van der Waals surface area contributed by atoms with E-state index in [1.165, 1.54) is 42.9 Å². The number of carbonyl (C=O) groups excluding carboxylic acids is 1. The van der Waals surface area contributed by atoms with Gasteiger partial charge in [0.1, 0.15) is 5.75 Å². The summed E-state index contributed by atoms with van der Waals surface area (Å²) in [7, 11) is 1.22. The second-order valence-corrected chi connectivity index (χ2v) is 4.93. The molecule has 0 aliphatic rings. The molecule has 21 heavy (non-hydrogen) atoms. The number of aryl methyl sites for hydroxylation is 1. The summed E-state index contributed by atoms with van der Waals surface area (Å²) in [4.78, 5) is 11.7. The van der Waals surface area contributed by atoms with Crippen LogP contribution in [0.15, 0.2) is 29.0 Å². The highest BCUT2D eigenvalue weighted by Crippen LogP contribution is 2.39. The van der Waals surface area contributed by atoms with Crippen LogP contribution < -0.4 is 4.74 Å². The summed E-state index contributed by atoms with van der Waals surface area (Å²) in [5.74, 6) is -0.917. The number of hydrogen-bond acceptors (Lipinski definition) is 4. The van der Waals surface area contributed by atoms with E-state index in [1.54, 1.807) is 11.4 Å². The summed E-state index contributed by atoms with van der Waals surface area (Å²) < 4.78 is 46.4. The van der Waals surface area contributed by atoms with Crippen LogP contribution in [0.1, 0.15) is 15.9 Å². The largest absolute Gasteiger partial charge is 0.573 e. The quantitative estimate of drug-likeness (QED) is 0.787. The fourth-order valence-electron chi connectivity index (χ4n) is 1.89.